The van der Waals surface area contributed by atoms with E-state index in [1.165, 1.54) is 31.9 Å². The van der Waals surface area contributed by atoms with E-state index in [9.17, 15) is 4.79 Å². The van der Waals surface area contributed by atoms with E-state index < -0.39 is 0 Å². The molecule has 0 unspecified atom stereocenters. The highest BCUT2D eigenvalue weighted by molar-refractivity contribution is 6.29. The molecule has 5 heteroatoms. The Balaban J connectivity index is 1.71. The lowest BCUT2D eigenvalue weighted by Gasteiger charge is -2.39. The maximum absolute atomic E-state index is 12.5. The molecular weight excluding hydrogens is 274 g/mol. The summed E-state index contributed by atoms with van der Waals surface area (Å²) in [6.45, 7) is 1.66. The van der Waals surface area contributed by atoms with Crippen molar-refractivity contribution in [2.45, 2.75) is 38.5 Å². The number of piperidine rings is 1. The molecule has 0 atom stereocenters. The molecule has 4 nitrogen and oxygen atoms in total. The number of anilines is 1. The minimum absolute atomic E-state index is 0.0142. The van der Waals surface area contributed by atoms with Crippen molar-refractivity contribution in [1.29, 1.82) is 0 Å². The molecule has 1 aliphatic carbocycles. The lowest BCUT2D eigenvalue weighted by molar-refractivity contribution is 0.0588. The van der Waals surface area contributed by atoms with E-state index in [2.05, 4.69) is 4.98 Å². The molecule has 20 heavy (non-hydrogen) atoms. The molecule has 2 N–H and O–H groups in total. The molecule has 3 rings (SSSR count). The van der Waals surface area contributed by atoms with Gasteiger partial charge in [-0.1, -0.05) is 24.4 Å². The summed E-state index contributed by atoms with van der Waals surface area (Å²) in [4.78, 5) is 18.3. The predicted molar refractivity (Wildman–Crippen MR) is 79.7 cm³/mol. The number of hydrogen-bond acceptors (Lipinski definition) is 3. The first-order valence-corrected chi connectivity index (χ1v) is 7.68. The molecule has 1 saturated heterocycles. The molecule has 1 spiro atoms. The number of nitrogens with zero attached hydrogens (tertiary/aromatic N) is 2. The molecule has 1 saturated carbocycles. The van der Waals surface area contributed by atoms with Crippen molar-refractivity contribution in [3.63, 3.8) is 0 Å². The fraction of sp³-hybridized carbons (Fsp3) is 0.600. The van der Waals surface area contributed by atoms with Crippen LogP contribution in [0.4, 0.5) is 5.69 Å². The van der Waals surface area contributed by atoms with E-state index in [4.69, 9.17) is 17.3 Å². The number of nitrogen functional groups attached to an aromatic ring is 1. The number of rotatable bonds is 1. The summed E-state index contributed by atoms with van der Waals surface area (Å²) in [5.41, 5.74) is 7.24. The van der Waals surface area contributed by atoms with Crippen molar-refractivity contribution >= 4 is 23.2 Å². The molecule has 2 heterocycles. The Kier molecular flexibility index (Phi) is 3.59. The number of nitrogens with two attached hydrogens (primary N) is 1. The molecule has 2 aliphatic rings. The second kappa shape index (κ2) is 5.24. The van der Waals surface area contributed by atoms with Gasteiger partial charge in [0.2, 0.25) is 0 Å². The van der Waals surface area contributed by atoms with Gasteiger partial charge in [0.25, 0.3) is 5.91 Å². The monoisotopic (exact) mass is 293 g/mol. The minimum atomic E-state index is -0.0142. The number of aromatic nitrogens is 1. The Morgan fingerprint density at radius 2 is 1.90 bits per heavy atom. The molecule has 1 aromatic heterocycles. The largest absolute Gasteiger partial charge is 0.397 e. The van der Waals surface area contributed by atoms with Crippen LogP contribution in [0.3, 0.4) is 0 Å². The second-order valence-electron chi connectivity index (χ2n) is 6.09. The smallest absolute Gasteiger partial charge is 0.256 e. The van der Waals surface area contributed by atoms with Gasteiger partial charge in [-0.25, -0.2) is 4.98 Å². The zero-order valence-corrected chi connectivity index (χ0v) is 12.3. The number of hydrogen-bond donors (Lipinski definition) is 1. The van der Waals surface area contributed by atoms with Crippen LogP contribution in [-0.2, 0) is 0 Å². The molecule has 0 bridgehead atoms. The maximum atomic E-state index is 12.5. The molecule has 0 aromatic carbocycles. The van der Waals surface area contributed by atoms with Gasteiger partial charge in [0.15, 0.2) is 0 Å². The van der Waals surface area contributed by atoms with Crippen LogP contribution in [0.5, 0.6) is 0 Å². The lowest BCUT2D eigenvalue weighted by atomic mass is 9.77. The quantitative estimate of drug-likeness (QED) is 0.809. The van der Waals surface area contributed by atoms with Gasteiger partial charge in [0.1, 0.15) is 5.15 Å². The van der Waals surface area contributed by atoms with E-state index >= 15 is 0 Å². The average Bonchev–Trinajstić information content (AvgIpc) is 2.90. The fourth-order valence-corrected chi connectivity index (χ4v) is 3.76. The number of carbonyl (C=O) groups excluding carboxylic acids is 1. The molecule has 0 radical (unpaired) electrons. The summed E-state index contributed by atoms with van der Waals surface area (Å²) in [6.07, 6.45) is 9.06. The third-order valence-electron chi connectivity index (χ3n) is 4.91. The molecule has 1 aromatic rings. The van der Waals surface area contributed by atoms with Gasteiger partial charge in [-0.2, -0.15) is 0 Å². The number of amides is 1. The average molecular weight is 294 g/mol. The number of halogens is 1. The molecule has 108 valence electrons. The van der Waals surface area contributed by atoms with Crippen molar-refractivity contribution < 1.29 is 4.79 Å². The van der Waals surface area contributed by atoms with Crippen molar-refractivity contribution in [3.05, 3.63) is 23.0 Å². The summed E-state index contributed by atoms with van der Waals surface area (Å²) in [5, 5.41) is 0.312. The summed E-state index contributed by atoms with van der Waals surface area (Å²) in [7, 11) is 0. The third-order valence-corrected chi connectivity index (χ3v) is 5.11. The zero-order chi connectivity index (χ0) is 14.2. The van der Waals surface area contributed by atoms with Crippen molar-refractivity contribution in [2.75, 3.05) is 18.8 Å². The van der Waals surface area contributed by atoms with Gasteiger partial charge < -0.3 is 10.6 Å². The van der Waals surface area contributed by atoms with Crippen LogP contribution in [0.15, 0.2) is 12.3 Å². The van der Waals surface area contributed by atoms with E-state index in [1.807, 2.05) is 4.90 Å². The fourth-order valence-electron chi connectivity index (χ4n) is 3.61. The number of pyridine rings is 1. The Labute approximate surface area is 124 Å². The summed E-state index contributed by atoms with van der Waals surface area (Å²) < 4.78 is 0. The van der Waals surface area contributed by atoms with Crippen LogP contribution >= 0.6 is 11.6 Å². The summed E-state index contributed by atoms with van der Waals surface area (Å²) in [5.74, 6) is -0.0142. The third kappa shape index (κ3) is 2.49. The number of likely N-dealkylation sites (tertiary alicyclic amines) is 1. The van der Waals surface area contributed by atoms with Crippen LogP contribution in [0, 0.1) is 5.41 Å². The number of carbonyl (C=O) groups is 1. The summed E-state index contributed by atoms with van der Waals surface area (Å²) in [6, 6.07) is 1.57. The molecule has 1 aliphatic heterocycles. The van der Waals surface area contributed by atoms with Crippen LogP contribution in [0.25, 0.3) is 0 Å². The van der Waals surface area contributed by atoms with E-state index in [-0.39, 0.29) is 5.91 Å². The van der Waals surface area contributed by atoms with E-state index in [0.29, 0.717) is 21.8 Å². The first-order chi connectivity index (χ1) is 9.60. The van der Waals surface area contributed by atoms with Gasteiger partial charge in [-0.3, -0.25) is 4.79 Å². The maximum Gasteiger partial charge on any atom is 0.256 e. The van der Waals surface area contributed by atoms with Crippen molar-refractivity contribution in [3.8, 4) is 0 Å². The van der Waals surface area contributed by atoms with Gasteiger partial charge in [0.05, 0.1) is 17.4 Å². The van der Waals surface area contributed by atoms with E-state index in [1.54, 1.807) is 6.07 Å². The Hall–Kier alpha value is -1.29. The van der Waals surface area contributed by atoms with Crippen LogP contribution in [-0.4, -0.2) is 28.9 Å². The molecular formula is C15H20ClN3O. The van der Waals surface area contributed by atoms with Gasteiger partial charge in [-0.05, 0) is 37.2 Å². The highest BCUT2D eigenvalue weighted by atomic mass is 35.5. The minimum Gasteiger partial charge on any atom is -0.397 e. The van der Waals surface area contributed by atoms with Crippen LogP contribution in [0.2, 0.25) is 5.15 Å². The lowest BCUT2D eigenvalue weighted by Crippen LogP contribution is -2.42. The zero-order valence-electron chi connectivity index (χ0n) is 11.6. The van der Waals surface area contributed by atoms with Crippen molar-refractivity contribution in [1.82, 2.24) is 9.88 Å². The van der Waals surface area contributed by atoms with Crippen LogP contribution in [0.1, 0.15) is 48.9 Å². The van der Waals surface area contributed by atoms with Gasteiger partial charge in [0, 0.05) is 13.1 Å². The summed E-state index contributed by atoms with van der Waals surface area (Å²) >= 11 is 5.86. The normalized spacial score (nSPS) is 21.4. The van der Waals surface area contributed by atoms with E-state index in [0.717, 1.165) is 25.9 Å². The highest BCUT2D eigenvalue weighted by Crippen LogP contribution is 2.46. The Morgan fingerprint density at radius 3 is 2.55 bits per heavy atom. The first-order valence-electron chi connectivity index (χ1n) is 7.30. The van der Waals surface area contributed by atoms with Crippen LogP contribution < -0.4 is 5.73 Å². The Bertz CT molecular complexity index is 516. The highest BCUT2D eigenvalue weighted by Gasteiger charge is 2.38. The second-order valence-corrected chi connectivity index (χ2v) is 6.48. The molecule has 1 amide bonds. The standard InChI is InChI=1S/C15H20ClN3O/c16-13-9-11(12(17)10-18-13)14(20)19-7-5-15(6-8-19)3-1-2-4-15/h9-10H,1-8,17H2. The topological polar surface area (TPSA) is 59.2 Å². The van der Waals surface area contributed by atoms with Gasteiger partial charge in [-0.15, -0.1) is 0 Å². The van der Waals surface area contributed by atoms with Gasteiger partial charge >= 0.3 is 0 Å². The predicted octanol–water partition coefficient (Wildman–Crippen LogP) is 3.11. The first kappa shape index (κ1) is 13.7. The SMILES string of the molecule is Nc1cnc(Cl)cc1C(=O)N1CCC2(CCCC2)CC1. The van der Waals surface area contributed by atoms with Crippen molar-refractivity contribution in [2.24, 2.45) is 5.41 Å². The molecule has 2 fully saturated rings. The Morgan fingerprint density at radius 1 is 1.25 bits per heavy atom.